The summed E-state index contributed by atoms with van der Waals surface area (Å²) in [7, 11) is 3.13. The molecule has 0 aliphatic carbocycles. The van der Waals surface area contributed by atoms with Crippen molar-refractivity contribution in [2.24, 2.45) is 0 Å². The summed E-state index contributed by atoms with van der Waals surface area (Å²) in [6.45, 7) is 3.20. The van der Waals surface area contributed by atoms with E-state index in [1.165, 1.54) is 11.8 Å². The predicted molar refractivity (Wildman–Crippen MR) is 138 cm³/mol. The fraction of sp³-hybridized carbons (Fsp3) is 0.346. The lowest BCUT2D eigenvalue weighted by Crippen LogP contribution is -2.46. The second kappa shape index (κ2) is 11.4. The lowest BCUT2D eigenvalue weighted by Gasteiger charge is -2.31. The number of carbonyl (C=O) groups is 3. The Morgan fingerprint density at radius 1 is 1.11 bits per heavy atom. The van der Waals surface area contributed by atoms with Crippen LogP contribution in [0, 0.1) is 0 Å². The molecule has 3 amide bonds. The van der Waals surface area contributed by atoms with Crippen molar-refractivity contribution in [3.63, 3.8) is 0 Å². The standard InChI is InChI=1S/C26H29N3O6S/c1-4-35-26(32)29-11-9-18(10-12-29)27-24(30)17-6-8-22-19(15-17)28-25(31)23(36-22)14-16-5-7-20(33-2)21(13-16)34-3/h5-8,13-15,18H,4,9-12H2,1-3H3,(H,27,30)(H,28,31)/b23-14+. The zero-order valence-electron chi connectivity index (χ0n) is 20.5. The molecule has 0 unspecified atom stereocenters. The van der Waals surface area contributed by atoms with Gasteiger partial charge in [0.05, 0.1) is 31.4 Å². The van der Waals surface area contributed by atoms with Crippen LogP contribution in [0.15, 0.2) is 46.2 Å². The SMILES string of the molecule is CCOC(=O)N1CCC(NC(=O)c2ccc3c(c2)NC(=O)/C(=C\c2ccc(OC)c(OC)c2)S3)CC1. The van der Waals surface area contributed by atoms with Crippen molar-refractivity contribution in [3.05, 3.63) is 52.4 Å². The summed E-state index contributed by atoms with van der Waals surface area (Å²) in [4.78, 5) is 40.5. The summed E-state index contributed by atoms with van der Waals surface area (Å²) < 4.78 is 15.6. The van der Waals surface area contributed by atoms with Crippen LogP contribution in [0.1, 0.15) is 35.7 Å². The van der Waals surface area contributed by atoms with Crippen LogP contribution in [0.5, 0.6) is 11.5 Å². The highest BCUT2D eigenvalue weighted by Gasteiger charge is 2.26. The summed E-state index contributed by atoms with van der Waals surface area (Å²) in [6.07, 6.45) is 2.79. The lowest BCUT2D eigenvalue weighted by atomic mass is 10.0. The van der Waals surface area contributed by atoms with E-state index in [0.717, 1.165) is 10.5 Å². The molecule has 2 N–H and O–H groups in total. The highest BCUT2D eigenvalue weighted by molar-refractivity contribution is 8.04. The number of thioether (sulfide) groups is 1. The number of likely N-dealkylation sites (tertiary alicyclic amines) is 1. The van der Waals surface area contributed by atoms with Crippen LogP contribution < -0.4 is 20.1 Å². The number of piperidine rings is 1. The Hall–Kier alpha value is -3.66. The monoisotopic (exact) mass is 511 g/mol. The number of ether oxygens (including phenoxy) is 3. The average Bonchev–Trinajstić information content (AvgIpc) is 2.89. The fourth-order valence-corrected chi connectivity index (χ4v) is 5.02. The molecule has 0 spiro atoms. The number of hydrogen-bond acceptors (Lipinski definition) is 7. The molecule has 2 aromatic carbocycles. The number of anilines is 1. The maximum absolute atomic E-state index is 12.8. The Kier molecular flexibility index (Phi) is 8.04. The Balaban J connectivity index is 1.40. The molecule has 2 aliphatic heterocycles. The third kappa shape index (κ3) is 5.76. The molecule has 1 saturated heterocycles. The van der Waals surface area contributed by atoms with Crippen molar-refractivity contribution in [2.45, 2.75) is 30.7 Å². The van der Waals surface area contributed by atoms with Crippen LogP contribution in [0.25, 0.3) is 6.08 Å². The normalized spacial score (nSPS) is 16.7. The van der Waals surface area contributed by atoms with Gasteiger partial charge in [0.15, 0.2) is 11.5 Å². The van der Waals surface area contributed by atoms with Crippen LogP contribution >= 0.6 is 11.8 Å². The Labute approximate surface area is 214 Å². The van der Waals surface area contributed by atoms with Crippen LogP contribution in [0.4, 0.5) is 10.5 Å². The first-order valence-electron chi connectivity index (χ1n) is 11.7. The largest absolute Gasteiger partial charge is 0.493 e. The van der Waals surface area contributed by atoms with E-state index in [0.29, 0.717) is 60.2 Å². The highest BCUT2D eigenvalue weighted by atomic mass is 32.2. The topological polar surface area (TPSA) is 106 Å². The van der Waals surface area contributed by atoms with Crippen LogP contribution in [0.3, 0.4) is 0 Å². The average molecular weight is 512 g/mol. The van der Waals surface area contributed by atoms with Gasteiger partial charge in [0.2, 0.25) is 0 Å². The van der Waals surface area contributed by atoms with E-state index in [2.05, 4.69) is 10.6 Å². The maximum atomic E-state index is 12.8. The van der Waals surface area contributed by atoms with Gasteiger partial charge in [0, 0.05) is 29.6 Å². The molecule has 36 heavy (non-hydrogen) atoms. The van der Waals surface area contributed by atoms with Crippen molar-refractivity contribution >= 4 is 41.4 Å². The fourth-order valence-electron chi connectivity index (χ4n) is 4.09. The molecule has 2 heterocycles. The van der Waals surface area contributed by atoms with E-state index in [1.807, 2.05) is 12.1 Å². The number of nitrogens with one attached hydrogen (secondary N) is 2. The van der Waals surface area contributed by atoms with Gasteiger partial charge in [-0.05, 0) is 61.7 Å². The molecule has 1 fully saturated rings. The minimum absolute atomic E-state index is 0.0285. The van der Waals surface area contributed by atoms with E-state index >= 15 is 0 Å². The van der Waals surface area contributed by atoms with E-state index in [1.54, 1.807) is 56.4 Å². The molecule has 0 atom stereocenters. The van der Waals surface area contributed by atoms with Gasteiger partial charge < -0.3 is 29.7 Å². The van der Waals surface area contributed by atoms with Gasteiger partial charge in [-0.15, -0.1) is 0 Å². The molecule has 0 aromatic heterocycles. The summed E-state index contributed by atoms with van der Waals surface area (Å²) >= 11 is 1.34. The Bertz CT molecular complexity index is 1190. The van der Waals surface area contributed by atoms with E-state index in [9.17, 15) is 14.4 Å². The van der Waals surface area contributed by atoms with Crippen LogP contribution in [-0.2, 0) is 9.53 Å². The van der Waals surface area contributed by atoms with E-state index in [4.69, 9.17) is 14.2 Å². The number of amides is 3. The second-order valence-electron chi connectivity index (χ2n) is 8.32. The summed E-state index contributed by atoms with van der Waals surface area (Å²) in [5.74, 6) is 0.737. The first-order valence-corrected chi connectivity index (χ1v) is 12.5. The molecule has 0 saturated carbocycles. The molecule has 2 aliphatic rings. The number of methoxy groups -OCH3 is 2. The van der Waals surface area contributed by atoms with Gasteiger partial charge >= 0.3 is 6.09 Å². The van der Waals surface area contributed by atoms with Crippen molar-refractivity contribution in [2.75, 3.05) is 39.2 Å². The van der Waals surface area contributed by atoms with Crippen LogP contribution in [-0.4, -0.2) is 62.8 Å². The van der Waals surface area contributed by atoms with Crippen molar-refractivity contribution < 1.29 is 28.6 Å². The summed E-state index contributed by atoms with van der Waals surface area (Å²) in [5.41, 5.74) is 1.87. The second-order valence-corrected chi connectivity index (χ2v) is 9.41. The van der Waals surface area contributed by atoms with Crippen molar-refractivity contribution in [3.8, 4) is 11.5 Å². The molecule has 0 bridgehead atoms. The zero-order chi connectivity index (χ0) is 25.7. The molecule has 2 aromatic rings. The Morgan fingerprint density at radius 2 is 1.86 bits per heavy atom. The number of rotatable bonds is 6. The maximum Gasteiger partial charge on any atom is 0.409 e. The molecular weight excluding hydrogens is 482 g/mol. The van der Waals surface area contributed by atoms with Crippen molar-refractivity contribution in [1.29, 1.82) is 0 Å². The Morgan fingerprint density at radius 3 is 2.56 bits per heavy atom. The van der Waals surface area contributed by atoms with E-state index < -0.39 is 0 Å². The number of benzene rings is 2. The molecule has 0 radical (unpaired) electrons. The lowest BCUT2D eigenvalue weighted by molar-refractivity contribution is -0.112. The quantitative estimate of drug-likeness (QED) is 0.562. The first-order chi connectivity index (χ1) is 17.4. The van der Waals surface area contributed by atoms with Gasteiger partial charge in [0.25, 0.3) is 11.8 Å². The molecule has 190 valence electrons. The van der Waals surface area contributed by atoms with Crippen LogP contribution in [0.2, 0.25) is 0 Å². The highest BCUT2D eigenvalue weighted by Crippen LogP contribution is 2.40. The smallest absolute Gasteiger partial charge is 0.409 e. The minimum Gasteiger partial charge on any atom is -0.493 e. The van der Waals surface area contributed by atoms with Gasteiger partial charge in [-0.2, -0.15) is 0 Å². The summed E-state index contributed by atoms with van der Waals surface area (Å²) in [5, 5.41) is 5.92. The molecular formula is C26H29N3O6S. The number of nitrogens with zero attached hydrogens (tertiary/aromatic N) is 1. The zero-order valence-corrected chi connectivity index (χ0v) is 21.3. The van der Waals surface area contributed by atoms with Gasteiger partial charge in [-0.3, -0.25) is 9.59 Å². The molecule has 4 rings (SSSR count). The third-order valence-corrected chi connectivity index (χ3v) is 7.09. The van der Waals surface area contributed by atoms with E-state index in [-0.39, 0.29) is 23.9 Å². The van der Waals surface area contributed by atoms with Gasteiger partial charge in [-0.25, -0.2) is 4.79 Å². The first kappa shape index (κ1) is 25.4. The number of fused-ring (bicyclic) bond motifs is 1. The molecule has 10 heteroatoms. The van der Waals surface area contributed by atoms with Gasteiger partial charge in [-0.1, -0.05) is 17.8 Å². The third-order valence-electron chi connectivity index (χ3n) is 6.00. The number of carbonyl (C=O) groups excluding carboxylic acids is 3. The van der Waals surface area contributed by atoms with Gasteiger partial charge in [0.1, 0.15) is 0 Å². The summed E-state index contributed by atoms with van der Waals surface area (Å²) in [6, 6.07) is 10.7. The predicted octanol–water partition coefficient (Wildman–Crippen LogP) is 4.14. The minimum atomic E-state index is -0.315. The van der Waals surface area contributed by atoms with Crippen molar-refractivity contribution in [1.82, 2.24) is 10.2 Å². The number of hydrogen-bond donors (Lipinski definition) is 2. The molecule has 9 nitrogen and oxygen atoms in total.